The summed E-state index contributed by atoms with van der Waals surface area (Å²) in [5, 5.41) is -0.402. The highest BCUT2D eigenvalue weighted by atomic mass is 35.5. The lowest BCUT2D eigenvalue weighted by molar-refractivity contribution is 0.481. The summed E-state index contributed by atoms with van der Waals surface area (Å²) >= 11 is 5.48. The molecule has 0 aliphatic carbocycles. The van der Waals surface area contributed by atoms with E-state index in [0.29, 0.717) is 6.07 Å². The maximum atomic E-state index is 13.1. The summed E-state index contributed by atoms with van der Waals surface area (Å²) in [6.07, 6.45) is -0.000648. The molecule has 2 N–H and O–H groups in total. The third kappa shape index (κ3) is 2.19. The Morgan fingerprint density at radius 3 is 2.43 bits per heavy atom. The minimum Gasteiger partial charge on any atom is -0.328 e. The average Bonchev–Trinajstić information content (AvgIpc) is 2.09. The molecular formula is C9H9ClF3N. The smallest absolute Gasteiger partial charge is 0.163 e. The number of nitrogens with two attached hydrogens (primary N) is 1. The van der Waals surface area contributed by atoms with Crippen LogP contribution in [0.1, 0.15) is 12.5 Å². The predicted octanol–water partition coefficient (Wildman–Crippen LogP) is 2.65. The van der Waals surface area contributed by atoms with Crippen molar-refractivity contribution >= 4 is 11.6 Å². The Kier molecular flexibility index (Phi) is 3.39. The lowest BCUT2D eigenvalue weighted by Crippen LogP contribution is -2.19. The third-order valence-corrected chi connectivity index (χ3v) is 2.14. The fourth-order valence-electron chi connectivity index (χ4n) is 1.12. The lowest BCUT2D eigenvalue weighted by atomic mass is 10.1. The molecular weight excluding hydrogens is 215 g/mol. The van der Waals surface area contributed by atoms with Gasteiger partial charge in [0.2, 0.25) is 0 Å². The van der Waals surface area contributed by atoms with Crippen LogP contribution in [0.25, 0.3) is 0 Å². The Morgan fingerprint density at radius 2 is 1.93 bits per heavy atom. The highest BCUT2D eigenvalue weighted by Crippen LogP contribution is 2.25. The van der Waals surface area contributed by atoms with E-state index in [1.54, 1.807) is 6.92 Å². The van der Waals surface area contributed by atoms with Gasteiger partial charge in [-0.2, -0.15) is 0 Å². The molecule has 1 nitrogen and oxygen atoms in total. The molecule has 0 amide bonds. The molecule has 0 aliphatic heterocycles. The molecule has 1 aromatic rings. The van der Waals surface area contributed by atoms with Crippen LogP contribution in [0, 0.1) is 17.5 Å². The van der Waals surface area contributed by atoms with E-state index < -0.39 is 28.5 Å². The van der Waals surface area contributed by atoms with Gasteiger partial charge in [0.25, 0.3) is 0 Å². The standard InChI is InChI=1S/C9H9ClF3N/c1-4(14)2-5-8(10)6(11)3-7(12)9(5)13/h3-4H,2,14H2,1H3. The number of benzene rings is 1. The van der Waals surface area contributed by atoms with E-state index in [1.165, 1.54) is 0 Å². The topological polar surface area (TPSA) is 26.0 Å². The Hall–Kier alpha value is -0.740. The van der Waals surface area contributed by atoms with Gasteiger partial charge in [0.15, 0.2) is 11.6 Å². The van der Waals surface area contributed by atoms with Crippen LogP contribution in [0.5, 0.6) is 0 Å². The molecule has 1 atom stereocenters. The van der Waals surface area contributed by atoms with Crippen LogP contribution in [0.2, 0.25) is 5.02 Å². The summed E-state index contributed by atoms with van der Waals surface area (Å²) in [7, 11) is 0. The van der Waals surface area contributed by atoms with Gasteiger partial charge in [-0.05, 0) is 13.3 Å². The molecule has 0 aliphatic rings. The van der Waals surface area contributed by atoms with E-state index in [0.717, 1.165) is 0 Å². The van der Waals surface area contributed by atoms with Crippen molar-refractivity contribution in [2.45, 2.75) is 19.4 Å². The van der Waals surface area contributed by atoms with E-state index in [2.05, 4.69) is 0 Å². The second-order valence-electron chi connectivity index (χ2n) is 3.13. The molecule has 0 spiro atoms. The van der Waals surface area contributed by atoms with Crippen molar-refractivity contribution in [3.63, 3.8) is 0 Å². The molecule has 1 rings (SSSR count). The SMILES string of the molecule is CC(N)Cc1c(F)c(F)cc(F)c1Cl. The number of hydrogen-bond donors (Lipinski definition) is 1. The Balaban J connectivity index is 3.25. The van der Waals surface area contributed by atoms with Gasteiger partial charge in [-0.15, -0.1) is 0 Å². The van der Waals surface area contributed by atoms with Crippen LogP contribution in [0.3, 0.4) is 0 Å². The Morgan fingerprint density at radius 1 is 1.36 bits per heavy atom. The zero-order valence-electron chi connectivity index (χ0n) is 7.45. The Bertz CT molecular complexity index is 326. The monoisotopic (exact) mass is 223 g/mol. The molecule has 5 heteroatoms. The Labute approximate surface area is 84.7 Å². The molecule has 0 saturated carbocycles. The van der Waals surface area contributed by atoms with E-state index in [9.17, 15) is 13.2 Å². The van der Waals surface area contributed by atoms with Gasteiger partial charge < -0.3 is 5.73 Å². The first-order valence-corrected chi connectivity index (χ1v) is 4.38. The average molecular weight is 224 g/mol. The molecule has 14 heavy (non-hydrogen) atoms. The van der Waals surface area contributed by atoms with E-state index in [4.69, 9.17) is 17.3 Å². The minimum absolute atomic E-state index is 0.000648. The first-order chi connectivity index (χ1) is 6.43. The summed E-state index contributed by atoms with van der Waals surface area (Å²) in [6, 6.07) is 0.00529. The summed E-state index contributed by atoms with van der Waals surface area (Å²) in [5.74, 6) is -3.35. The first kappa shape index (κ1) is 11.3. The van der Waals surface area contributed by atoms with Gasteiger partial charge in [0, 0.05) is 17.7 Å². The highest BCUT2D eigenvalue weighted by molar-refractivity contribution is 6.31. The molecule has 0 heterocycles. The van der Waals surface area contributed by atoms with Crippen molar-refractivity contribution in [2.24, 2.45) is 5.73 Å². The summed E-state index contributed by atoms with van der Waals surface area (Å²) in [6.45, 7) is 1.60. The normalized spacial score (nSPS) is 13.0. The zero-order valence-corrected chi connectivity index (χ0v) is 8.21. The summed E-state index contributed by atoms with van der Waals surface area (Å²) < 4.78 is 38.8. The molecule has 0 fully saturated rings. The van der Waals surface area contributed by atoms with Gasteiger partial charge in [-0.3, -0.25) is 0 Å². The third-order valence-electron chi connectivity index (χ3n) is 1.73. The molecule has 0 bridgehead atoms. The number of hydrogen-bond acceptors (Lipinski definition) is 1. The van der Waals surface area contributed by atoms with Crippen LogP contribution in [-0.2, 0) is 6.42 Å². The lowest BCUT2D eigenvalue weighted by Gasteiger charge is -2.09. The maximum Gasteiger partial charge on any atom is 0.163 e. The molecule has 0 saturated heterocycles. The van der Waals surface area contributed by atoms with Gasteiger partial charge >= 0.3 is 0 Å². The van der Waals surface area contributed by atoms with Crippen LogP contribution < -0.4 is 5.73 Å². The van der Waals surface area contributed by atoms with E-state index in [1.807, 2.05) is 0 Å². The largest absolute Gasteiger partial charge is 0.328 e. The van der Waals surface area contributed by atoms with E-state index >= 15 is 0 Å². The highest BCUT2D eigenvalue weighted by Gasteiger charge is 2.17. The van der Waals surface area contributed by atoms with Crippen LogP contribution in [0.4, 0.5) is 13.2 Å². The quantitative estimate of drug-likeness (QED) is 0.767. The summed E-state index contributed by atoms with van der Waals surface area (Å²) in [4.78, 5) is 0. The van der Waals surface area contributed by atoms with Gasteiger partial charge in [-0.1, -0.05) is 11.6 Å². The van der Waals surface area contributed by atoms with Crippen molar-refractivity contribution in [3.8, 4) is 0 Å². The van der Waals surface area contributed by atoms with Gasteiger partial charge in [-0.25, -0.2) is 13.2 Å². The molecule has 0 aromatic heterocycles. The van der Waals surface area contributed by atoms with Crippen molar-refractivity contribution in [1.29, 1.82) is 0 Å². The maximum absolute atomic E-state index is 13.1. The molecule has 0 radical (unpaired) electrons. The van der Waals surface area contributed by atoms with Crippen molar-refractivity contribution < 1.29 is 13.2 Å². The second-order valence-corrected chi connectivity index (χ2v) is 3.51. The van der Waals surface area contributed by atoms with Crippen molar-refractivity contribution in [2.75, 3.05) is 0 Å². The fraction of sp³-hybridized carbons (Fsp3) is 0.333. The summed E-state index contributed by atoms with van der Waals surface area (Å²) in [5.41, 5.74) is 5.18. The van der Waals surface area contributed by atoms with E-state index in [-0.39, 0.29) is 12.0 Å². The van der Waals surface area contributed by atoms with Crippen LogP contribution in [0.15, 0.2) is 6.07 Å². The fourth-order valence-corrected chi connectivity index (χ4v) is 1.34. The zero-order chi connectivity index (χ0) is 10.9. The van der Waals surface area contributed by atoms with Crippen molar-refractivity contribution in [3.05, 3.63) is 34.1 Å². The second kappa shape index (κ2) is 4.19. The molecule has 78 valence electrons. The number of halogens is 4. The first-order valence-electron chi connectivity index (χ1n) is 4.01. The van der Waals surface area contributed by atoms with Crippen LogP contribution >= 0.6 is 11.6 Å². The number of rotatable bonds is 2. The van der Waals surface area contributed by atoms with Gasteiger partial charge in [0.05, 0.1) is 5.02 Å². The van der Waals surface area contributed by atoms with Crippen LogP contribution in [-0.4, -0.2) is 6.04 Å². The van der Waals surface area contributed by atoms with Gasteiger partial charge in [0.1, 0.15) is 5.82 Å². The predicted molar refractivity (Wildman–Crippen MR) is 48.7 cm³/mol. The molecule has 1 unspecified atom stereocenters. The molecule has 1 aromatic carbocycles. The van der Waals surface area contributed by atoms with Crippen molar-refractivity contribution in [1.82, 2.24) is 0 Å². The minimum atomic E-state index is -1.25.